The van der Waals surface area contributed by atoms with Crippen LogP contribution in [0.5, 0.6) is 0 Å². The van der Waals surface area contributed by atoms with Crippen LogP contribution in [0.15, 0.2) is 30.5 Å². The van der Waals surface area contributed by atoms with E-state index in [0.29, 0.717) is 22.3 Å². The lowest BCUT2D eigenvalue weighted by Gasteiger charge is -2.11. The number of rotatable bonds is 4. The molecule has 4 nitrogen and oxygen atoms in total. The van der Waals surface area contributed by atoms with Gasteiger partial charge in [0.2, 0.25) is 0 Å². The molecule has 1 N–H and O–H groups in total. The van der Waals surface area contributed by atoms with Gasteiger partial charge in [-0.15, -0.1) is 0 Å². The fourth-order valence-corrected chi connectivity index (χ4v) is 2.18. The molecule has 6 heteroatoms. The van der Waals surface area contributed by atoms with E-state index < -0.39 is 0 Å². The van der Waals surface area contributed by atoms with Crippen molar-refractivity contribution in [3.05, 3.63) is 46.1 Å². The topological polar surface area (TPSA) is 46.9 Å². The molecule has 106 valence electrons. The van der Waals surface area contributed by atoms with Gasteiger partial charge in [-0.3, -0.25) is 4.79 Å². The van der Waals surface area contributed by atoms with Crippen molar-refractivity contribution in [2.75, 3.05) is 5.32 Å². The Morgan fingerprint density at radius 2 is 2.10 bits per heavy atom. The van der Waals surface area contributed by atoms with Crippen LogP contribution in [-0.2, 0) is 6.54 Å². The summed E-state index contributed by atoms with van der Waals surface area (Å²) in [6.45, 7) is 4.90. The number of anilines is 1. The maximum atomic E-state index is 12.2. The zero-order valence-corrected chi connectivity index (χ0v) is 12.7. The Bertz CT molecular complexity index is 623. The molecule has 0 fully saturated rings. The summed E-state index contributed by atoms with van der Waals surface area (Å²) < 4.78 is 1.75. The average molecular weight is 312 g/mol. The summed E-state index contributed by atoms with van der Waals surface area (Å²) in [5.74, 6) is 0.767. The van der Waals surface area contributed by atoms with Gasteiger partial charge in [-0.1, -0.05) is 43.1 Å². The van der Waals surface area contributed by atoms with E-state index in [9.17, 15) is 4.79 Å². The smallest absolute Gasteiger partial charge is 0.258 e. The minimum absolute atomic E-state index is 0.251. The molecule has 0 saturated carbocycles. The van der Waals surface area contributed by atoms with Crippen molar-refractivity contribution < 1.29 is 4.79 Å². The molecule has 20 heavy (non-hydrogen) atoms. The highest BCUT2D eigenvalue weighted by atomic mass is 35.5. The van der Waals surface area contributed by atoms with Crippen LogP contribution in [0.3, 0.4) is 0 Å². The van der Waals surface area contributed by atoms with Gasteiger partial charge >= 0.3 is 0 Å². The first-order chi connectivity index (χ1) is 9.49. The summed E-state index contributed by atoms with van der Waals surface area (Å²) in [4.78, 5) is 12.2. The molecule has 0 aliphatic heterocycles. The lowest BCUT2D eigenvalue weighted by molar-refractivity contribution is 0.102. The highest BCUT2D eigenvalue weighted by Gasteiger charge is 2.14. The van der Waals surface area contributed by atoms with E-state index in [1.807, 2.05) is 0 Å². The second-order valence-corrected chi connectivity index (χ2v) is 5.63. The number of nitrogens with one attached hydrogen (secondary N) is 1. The average Bonchev–Trinajstić information content (AvgIpc) is 2.79. The van der Waals surface area contributed by atoms with Gasteiger partial charge in [0.25, 0.3) is 5.91 Å². The SMILES string of the molecule is CC(C)Cn1nccc1NC(=O)c1cccc(Cl)c1Cl. The number of carbonyl (C=O) groups excluding carboxylic acids is 1. The lowest BCUT2D eigenvalue weighted by Crippen LogP contribution is -2.17. The van der Waals surface area contributed by atoms with Crippen LogP contribution in [0.4, 0.5) is 5.82 Å². The van der Waals surface area contributed by atoms with Crippen molar-refractivity contribution >= 4 is 34.9 Å². The minimum atomic E-state index is -0.303. The van der Waals surface area contributed by atoms with Crippen LogP contribution in [0.1, 0.15) is 24.2 Å². The van der Waals surface area contributed by atoms with Crippen LogP contribution in [0.2, 0.25) is 10.0 Å². The van der Waals surface area contributed by atoms with Crippen LogP contribution in [-0.4, -0.2) is 15.7 Å². The van der Waals surface area contributed by atoms with Crippen molar-refractivity contribution in [3.8, 4) is 0 Å². The molecular weight excluding hydrogens is 297 g/mol. The third-order valence-electron chi connectivity index (χ3n) is 2.69. The molecule has 1 aromatic carbocycles. The van der Waals surface area contributed by atoms with Crippen LogP contribution in [0.25, 0.3) is 0 Å². The predicted molar refractivity (Wildman–Crippen MR) is 81.5 cm³/mol. The Morgan fingerprint density at radius 3 is 2.80 bits per heavy atom. The zero-order chi connectivity index (χ0) is 14.7. The maximum absolute atomic E-state index is 12.2. The molecule has 1 aromatic heterocycles. The number of hydrogen-bond donors (Lipinski definition) is 1. The van der Waals surface area contributed by atoms with Crippen LogP contribution in [0, 0.1) is 5.92 Å². The fourth-order valence-electron chi connectivity index (χ4n) is 1.79. The number of benzene rings is 1. The molecule has 2 rings (SSSR count). The number of carbonyl (C=O) groups is 1. The molecule has 0 unspecified atom stereocenters. The Labute approximate surface area is 127 Å². The number of hydrogen-bond acceptors (Lipinski definition) is 2. The summed E-state index contributed by atoms with van der Waals surface area (Å²) >= 11 is 11.9. The summed E-state index contributed by atoms with van der Waals surface area (Å²) in [5, 5.41) is 7.59. The number of amides is 1. The highest BCUT2D eigenvalue weighted by Crippen LogP contribution is 2.26. The van der Waals surface area contributed by atoms with Crippen LogP contribution >= 0.6 is 23.2 Å². The fraction of sp³-hybridized carbons (Fsp3) is 0.286. The van der Waals surface area contributed by atoms with E-state index in [1.165, 1.54) is 0 Å². The highest BCUT2D eigenvalue weighted by molar-refractivity contribution is 6.44. The first-order valence-electron chi connectivity index (χ1n) is 6.26. The van der Waals surface area contributed by atoms with E-state index in [1.54, 1.807) is 35.1 Å². The Hall–Kier alpha value is -1.52. The van der Waals surface area contributed by atoms with Gasteiger partial charge in [0.15, 0.2) is 0 Å². The standard InChI is InChI=1S/C14H15Cl2N3O/c1-9(2)8-19-12(6-7-17-19)18-14(20)10-4-3-5-11(15)13(10)16/h3-7,9H,8H2,1-2H3,(H,18,20). The molecule has 0 aliphatic carbocycles. The van der Waals surface area contributed by atoms with E-state index in [0.717, 1.165) is 6.54 Å². The molecule has 0 atom stereocenters. The molecule has 0 saturated heterocycles. The monoisotopic (exact) mass is 311 g/mol. The van der Waals surface area contributed by atoms with Gasteiger partial charge in [-0.25, -0.2) is 4.68 Å². The molecule has 1 heterocycles. The largest absolute Gasteiger partial charge is 0.307 e. The number of aromatic nitrogens is 2. The quantitative estimate of drug-likeness (QED) is 0.924. The van der Waals surface area contributed by atoms with Crippen molar-refractivity contribution in [1.82, 2.24) is 9.78 Å². The number of nitrogens with zero attached hydrogens (tertiary/aromatic N) is 2. The van der Waals surface area contributed by atoms with Crippen molar-refractivity contribution in [2.24, 2.45) is 5.92 Å². The maximum Gasteiger partial charge on any atom is 0.258 e. The van der Waals surface area contributed by atoms with Gasteiger partial charge in [0.05, 0.1) is 21.8 Å². The molecule has 2 aromatic rings. The predicted octanol–water partition coefficient (Wildman–Crippen LogP) is 4.10. The van der Waals surface area contributed by atoms with E-state index in [2.05, 4.69) is 24.3 Å². The van der Waals surface area contributed by atoms with Gasteiger partial charge in [-0.05, 0) is 18.1 Å². The van der Waals surface area contributed by atoms with Gasteiger partial charge in [0, 0.05) is 12.6 Å². The second kappa shape index (κ2) is 6.29. The van der Waals surface area contributed by atoms with Gasteiger partial charge < -0.3 is 5.32 Å². The Morgan fingerprint density at radius 1 is 1.35 bits per heavy atom. The molecule has 0 radical (unpaired) electrons. The Balaban J connectivity index is 2.20. The first kappa shape index (κ1) is 14.9. The third kappa shape index (κ3) is 3.32. The zero-order valence-electron chi connectivity index (χ0n) is 11.2. The lowest BCUT2D eigenvalue weighted by atomic mass is 10.2. The van der Waals surface area contributed by atoms with Gasteiger partial charge in [-0.2, -0.15) is 5.10 Å². The molecular formula is C14H15Cl2N3O. The first-order valence-corrected chi connectivity index (χ1v) is 7.02. The summed E-state index contributed by atoms with van der Waals surface area (Å²) in [6.07, 6.45) is 1.65. The minimum Gasteiger partial charge on any atom is -0.307 e. The van der Waals surface area contributed by atoms with E-state index >= 15 is 0 Å². The Kier molecular flexibility index (Phi) is 4.68. The van der Waals surface area contributed by atoms with Crippen molar-refractivity contribution in [3.63, 3.8) is 0 Å². The summed E-state index contributed by atoms with van der Waals surface area (Å²) in [5.41, 5.74) is 0.344. The number of halogens is 2. The van der Waals surface area contributed by atoms with Gasteiger partial charge in [0.1, 0.15) is 5.82 Å². The van der Waals surface area contributed by atoms with E-state index in [4.69, 9.17) is 23.2 Å². The molecule has 0 spiro atoms. The normalized spacial score (nSPS) is 10.8. The van der Waals surface area contributed by atoms with Crippen molar-refractivity contribution in [2.45, 2.75) is 20.4 Å². The van der Waals surface area contributed by atoms with E-state index in [-0.39, 0.29) is 10.9 Å². The van der Waals surface area contributed by atoms with Crippen molar-refractivity contribution in [1.29, 1.82) is 0 Å². The molecule has 0 aliphatic rings. The second-order valence-electron chi connectivity index (χ2n) is 4.85. The summed E-state index contributed by atoms with van der Waals surface area (Å²) in [6, 6.07) is 6.71. The third-order valence-corrected chi connectivity index (χ3v) is 3.51. The summed E-state index contributed by atoms with van der Waals surface area (Å²) in [7, 11) is 0. The molecule has 0 bridgehead atoms. The van der Waals surface area contributed by atoms with Crippen LogP contribution < -0.4 is 5.32 Å². The molecule has 1 amide bonds.